The molecule has 1 N–H and O–H groups in total. The number of fused-ring (bicyclic) bond motifs is 1. The monoisotopic (exact) mass is 487 g/mol. The maximum atomic E-state index is 13.5. The second-order valence-corrected chi connectivity index (χ2v) is 9.36. The molecular weight excluding hydrogens is 458 g/mol. The number of imide groups is 1. The van der Waals surface area contributed by atoms with E-state index in [1.165, 1.54) is 0 Å². The SMILES string of the molecule is COc1ccc([C@H]2CCCN2C(=O)CN2C(=O)N[C@@](C)(c3ccc4ccccc4c3)C2=O)c(OC)c1. The highest BCUT2D eigenvalue weighted by Gasteiger charge is 2.50. The van der Waals surface area contributed by atoms with Gasteiger partial charge in [0.2, 0.25) is 5.91 Å². The van der Waals surface area contributed by atoms with Crippen molar-refractivity contribution in [3.8, 4) is 11.5 Å². The van der Waals surface area contributed by atoms with E-state index < -0.39 is 17.5 Å². The fourth-order valence-corrected chi connectivity index (χ4v) is 5.24. The highest BCUT2D eigenvalue weighted by molar-refractivity contribution is 6.09. The van der Waals surface area contributed by atoms with Gasteiger partial charge in [0.15, 0.2) is 0 Å². The topological polar surface area (TPSA) is 88.2 Å². The lowest BCUT2D eigenvalue weighted by Gasteiger charge is -2.28. The van der Waals surface area contributed by atoms with Gasteiger partial charge in [-0.1, -0.05) is 36.4 Å². The minimum absolute atomic E-state index is 0.203. The molecule has 0 spiro atoms. The first-order chi connectivity index (χ1) is 17.4. The van der Waals surface area contributed by atoms with Gasteiger partial charge in [0.1, 0.15) is 23.6 Å². The Morgan fingerprint density at radius 2 is 1.81 bits per heavy atom. The van der Waals surface area contributed by atoms with Crippen LogP contribution in [0.2, 0.25) is 0 Å². The third-order valence-electron chi connectivity index (χ3n) is 7.27. The standard InChI is InChI=1S/C28H29N3O5/c1-28(20-11-10-18-7-4-5-8-19(18)15-20)26(33)31(27(34)29-28)17-25(32)30-14-6-9-23(30)22-13-12-21(35-2)16-24(22)36-3/h4-5,7-8,10-13,15-16,23H,6,9,14,17H2,1-3H3,(H,29,34)/t23-,28+/m1/s1. The average molecular weight is 488 g/mol. The number of rotatable bonds is 6. The summed E-state index contributed by atoms with van der Waals surface area (Å²) in [6, 6.07) is 18.3. The minimum Gasteiger partial charge on any atom is -0.497 e. The highest BCUT2D eigenvalue weighted by atomic mass is 16.5. The molecule has 8 nitrogen and oxygen atoms in total. The van der Waals surface area contributed by atoms with Crippen LogP contribution in [-0.4, -0.2) is 55.0 Å². The van der Waals surface area contributed by atoms with E-state index >= 15 is 0 Å². The van der Waals surface area contributed by atoms with Crippen LogP contribution in [0.15, 0.2) is 60.7 Å². The lowest BCUT2D eigenvalue weighted by Crippen LogP contribution is -2.44. The Kier molecular flexibility index (Phi) is 6.04. The Labute approximate surface area is 209 Å². The molecule has 0 radical (unpaired) electrons. The Morgan fingerprint density at radius 1 is 1.03 bits per heavy atom. The van der Waals surface area contributed by atoms with E-state index in [1.54, 1.807) is 32.1 Å². The van der Waals surface area contributed by atoms with Gasteiger partial charge in [0, 0.05) is 18.2 Å². The second-order valence-electron chi connectivity index (χ2n) is 9.36. The second kappa shape index (κ2) is 9.18. The summed E-state index contributed by atoms with van der Waals surface area (Å²) < 4.78 is 10.8. The zero-order chi connectivity index (χ0) is 25.4. The van der Waals surface area contributed by atoms with E-state index in [0.717, 1.165) is 34.1 Å². The smallest absolute Gasteiger partial charge is 0.325 e. The molecule has 2 saturated heterocycles. The predicted molar refractivity (Wildman–Crippen MR) is 135 cm³/mol. The van der Waals surface area contributed by atoms with Crippen LogP contribution in [0, 0.1) is 0 Å². The summed E-state index contributed by atoms with van der Waals surface area (Å²) in [5, 5.41) is 4.83. The molecule has 2 atom stereocenters. The molecule has 2 fully saturated rings. The molecule has 0 saturated carbocycles. The van der Waals surface area contributed by atoms with Crippen LogP contribution in [-0.2, 0) is 15.1 Å². The molecule has 8 heteroatoms. The number of hydrogen-bond acceptors (Lipinski definition) is 5. The van der Waals surface area contributed by atoms with Gasteiger partial charge >= 0.3 is 6.03 Å². The molecule has 0 aromatic heterocycles. The van der Waals surface area contributed by atoms with Gasteiger partial charge < -0.3 is 19.7 Å². The molecule has 5 rings (SSSR count). The van der Waals surface area contributed by atoms with E-state index in [4.69, 9.17) is 9.47 Å². The average Bonchev–Trinajstić information content (AvgIpc) is 3.47. The molecule has 36 heavy (non-hydrogen) atoms. The first-order valence-corrected chi connectivity index (χ1v) is 12.0. The number of carbonyl (C=O) groups excluding carboxylic acids is 3. The van der Waals surface area contributed by atoms with Crippen molar-refractivity contribution < 1.29 is 23.9 Å². The minimum atomic E-state index is -1.25. The molecule has 2 heterocycles. The molecule has 0 bridgehead atoms. The van der Waals surface area contributed by atoms with E-state index in [0.29, 0.717) is 23.6 Å². The van der Waals surface area contributed by atoms with E-state index in [2.05, 4.69) is 5.32 Å². The summed E-state index contributed by atoms with van der Waals surface area (Å²) in [4.78, 5) is 42.6. The van der Waals surface area contributed by atoms with Crippen LogP contribution in [0.25, 0.3) is 10.8 Å². The van der Waals surface area contributed by atoms with Gasteiger partial charge in [-0.15, -0.1) is 0 Å². The highest BCUT2D eigenvalue weighted by Crippen LogP contribution is 2.39. The maximum Gasteiger partial charge on any atom is 0.325 e. The van der Waals surface area contributed by atoms with Crippen molar-refractivity contribution >= 4 is 28.6 Å². The summed E-state index contributed by atoms with van der Waals surface area (Å²) in [5.74, 6) is 0.590. The quantitative estimate of drug-likeness (QED) is 0.532. The zero-order valence-electron chi connectivity index (χ0n) is 20.6. The lowest BCUT2D eigenvalue weighted by molar-refractivity contribution is -0.139. The molecule has 2 aliphatic heterocycles. The van der Waals surface area contributed by atoms with Gasteiger partial charge in [-0.2, -0.15) is 0 Å². The van der Waals surface area contributed by atoms with E-state index in [-0.39, 0.29) is 18.5 Å². The number of nitrogens with one attached hydrogen (secondary N) is 1. The van der Waals surface area contributed by atoms with Crippen molar-refractivity contribution in [2.24, 2.45) is 0 Å². The van der Waals surface area contributed by atoms with Crippen molar-refractivity contribution in [3.63, 3.8) is 0 Å². The molecule has 3 aromatic rings. The van der Waals surface area contributed by atoms with Gasteiger partial charge in [0.25, 0.3) is 5.91 Å². The Morgan fingerprint density at radius 3 is 2.56 bits per heavy atom. The number of methoxy groups -OCH3 is 2. The fraction of sp³-hybridized carbons (Fsp3) is 0.321. The summed E-state index contributed by atoms with van der Waals surface area (Å²) in [6.07, 6.45) is 1.59. The number of carbonyl (C=O) groups is 3. The third-order valence-corrected chi connectivity index (χ3v) is 7.27. The predicted octanol–water partition coefficient (Wildman–Crippen LogP) is 3.99. The first kappa shape index (κ1) is 23.7. The van der Waals surface area contributed by atoms with Gasteiger partial charge in [-0.05, 0) is 54.3 Å². The van der Waals surface area contributed by atoms with Crippen molar-refractivity contribution in [2.75, 3.05) is 27.3 Å². The number of benzene rings is 3. The number of nitrogens with zero attached hydrogens (tertiary/aromatic N) is 2. The van der Waals surface area contributed by atoms with Crippen LogP contribution >= 0.6 is 0 Å². The molecule has 4 amide bonds. The summed E-state index contributed by atoms with van der Waals surface area (Å²) in [6.45, 7) is 1.91. The number of likely N-dealkylation sites (tertiary alicyclic amines) is 1. The van der Waals surface area contributed by atoms with Crippen LogP contribution in [0.5, 0.6) is 11.5 Å². The molecular formula is C28H29N3O5. The summed E-state index contributed by atoms with van der Waals surface area (Å²) in [7, 11) is 3.17. The van der Waals surface area contributed by atoms with Crippen LogP contribution in [0.1, 0.15) is 36.9 Å². The summed E-state index contributed by atoms with van der Waals surface area (Å²) in [5.41, 5.74) is 0.309. The molecule has 2 aliphatic rings. The number of hydrogen-bond donors (Lipinski definition) is 1. The third kappa shape index (κ3) is 3.92. The van der Waals surface area contributed by atoms with Crippen LogP contribution < -0.4 is 14.8 Å². The first-order valence-electron chi connectivity index (χ1n) is 12.0. The van der Waals surface area contributed by atoms with Gasteiger partial charge in [-0.3, -0.25) is 14.5 Å². The van der Waals surface area contributed by atoms with Crippen LogP contribution in [0.4, 0.5) is 4.79 Å². The number of ether oxygens (including phenoxy) is 2. The van der Waals surface area contributed by atoms with Gasteiger partial charge in [-0.25, -0.2) is 4.79 Å². The fourth-order valence-electron chi connectivity index (χ4n) is 5.24. The van der Waals surface area contributed by atoms with E-state index in [9.17, 15) is 14.4 Å². The largest absolute Gasteiger partial charge is 0.497 e. The van der Waals surface area contributed by atoms with E-state index in [1.807, 2.05) is 54.6 Å². The number of urea groups is 1. The molecule has 0 aliphatic carbocycles. The lowest BCUT2D eigenvalue weighted by atomic mass is 9.90. The summed E-state index contributed by atoms with van der Waals surface area (Å²) >= 11 is 0. The molecule has 186 valence electrons. The Bertz CT molecular complexity index is 1360. The normalized spacial score (nSPS) is 21.7. The van der Waals surface area contributed by atoms with Crippen molar-refractivity contribution in [1.82, 2.24) is 15.1 Å². The molecule has 0 unspecified atom stereocenters. The number of amides is 4. The zero-order valence-corrected chi connectivity index (χ0v) is 20.6. The van der Waals surface area contributed by atoms with Gasteiger partial charge in [0.05, 0.1) is 20.3 Å². The van der Waals surface area contributed by atoms with Crippen LogP contribution in [0.3, 0.4) is 0 Å². The molecule has 3 aromatic carbocycles. The van der Waals surface area contributed by atoms with Crippen molar-refractivity contribution in [2.45, 2.75) is 31.3 Å². The van der Waals surface area contributed by atoms with Crippen molar-refractivity contribution in [3.05, 3.63) is 71.8 Å². The maximum absolute atomic E-state index is 13.5. The Balaban J connectivity index is 1.37. The Hall–Kier alpha value is -4.07. The van der Waals surface area contributed by atoms with Crippen molar-refractivity contribution in [1.29, 1.82) is 0 Å².